The predicted molar refractivity (Wildman–Crippen MR) is 78.1 cm³/mol. The molecule has 0 aliphatic heterocycles. The van der Waals surface area contributed by atoms with Gasteiger partial charge < -0.3 is 15.2 Å². The van der Waals surface area contributed by atoms with Crippen molar-refractivity contribution in [1.29, 1.82) is 0 Å². The quantitative estimate of drug-likeness (QED) is 0.866. The van der Waals surface area contributed by atoms with E-state index in [2.05, 4.69) is 36.2 Å². The summed E-state index contributed by atoms with van der Waals surface area (Å²) in [6.07, 6.45) is 2.95. The summed E-state index contributed by atoms with van der Waals surface area (Å²) in [5.41, 5.74) is 1.90. The van der Waals surface area contributed by atoms with Crippen LogP contribution in [-0.4, -0.2) is 46.1 Å². The lowest BCUT2D eigenvalue weighted by molar-refractivity contribution is 0.0727. The van der Waals surface area contributed by atoms with Gasteiger partial charge in [0.2, 0.25) is 0 Å². The smallest absolute Gasteiger partial charge is 0.152 e. The minimum absolute atomic E-state index is 0.0150. The highest BCUT2D eigenvalue weighted by Crippen LogP contribution is 2.24. The van der Waals surface area contributed by atoms with E-state index in [-0.39, 0.29) is 5.41 Å². The second-order valence-electron chi connectivity index (χ2n) is 5.88. The Bertz CT molecular complexity index is 574. The Hall–Kier alpha value is -1.66. The molecule has 0 aliphatic carbocycles. The molecule has 2 N–H and O–H groups in total. The molecule has 0 aliphatic rings. The molecule has 0 saturated heterocycles. The van der Waals surface area contributed by atoms with E-state index in [1.165, 1.54) is 0 Å². The van der Waals surface area contributed by atoms with Crippen LogP contribution in [0.4, 0.5) is 5.82 Å². The molecule has 20 heavy (non-hydrogen) atoms. The van der Waals surface area contributed by atoms with Gasteiger partial charge in [-0.3, -0.25) is 0 Å². The van der Waals surface area contributed by atoms with Crippen molar-refractivity contribution in [1.82, 2.24) is 14.6 Å². The number of aromatic nitrogens is 3. The van der Waals surface area contributed by atoms with Crippen molar-refractivity contribution in [2.24, 2.45) is 0 Å². The SMILES string of the molecule is COCC(O)CNc1nccn2nc(C(C)(C)C)cc12. The standard InChI is InChI=1S/C14H22N4O2/c1-14(2,3)12-7-11-13(15-5-6-18(11)17-12)16-8-10(19)9-20-4/h5-7,10,19H,8-9H2,1-4H3,(H,15,16). The first-order valence-electron chi connectivity index (χ1n) is 6.67. The van der Waals surface area contributed by atoms with Crippen molar-refractivity contribution < 1.29 is 9.84 Å². The number of fused-ring (bicyclic) bond motifs is 1. The van der Waals surface area contributed by atoms with Crippen LogP contribution in [-0.2, 0) is 10.2 Å². The van der Waals surface area contributed by atoms with Crippen LogP contribution in [0.3, 0.4) is 0 Å². The van der Waals surface area contributed by atoms with E-state index < -0.39 is 6.10 Å². The van der Waals surface area contributed by atoms with Crippen LogP contribution in [0.25, 0.3) is 5.52 Å². The second kappa shape index (κ2) is 5.76. The van der Waals surface area contributed by atoms with E-state index in [0.717, 1.165) is 11.2 Å². The Labute approximate surface area is 118 Å². The second-order valence-corrected chi connectivity index (χ2v) is 5.88. The average Bonchev–Trinajstić information content (AvgIpc) is 2.81. The zero-order chi connectivity index (χ0) is 14.8. The van der Waals surface area contributed by atoms with E-state index in [9.17, 15) is 5.11 Å². The number of ether oxygens (including phenoxy) is 1. The van der Waals surface area contributed by atoms with Crippen molar-refractivity contribution in [3.8, 4) is 0 Å². The lowest BCUT2D eigenvalue weighted by atomic mass is 9.92. The van der Waals surface area contributed by atoms with Gasteiger partial charge in [0.05, 0.1) is 18.4 Å². The molecule has 6 heteroatoms. The van der Waals surface area contributed by atoms with E-state index in [1.54, 1.807) is 17.8 Å². The highest BCUT2D eigenvalue weighted by atomic mass is 16.5. The Morgan fingerprint density at radius 3 is 2.85 bits per heavy atom. The van der Waals surface area contributed by atoms with Crippen LogP contribution < -0.4 is 5.32 Å². The molecule has 0 radical (unpaired) electrons. The molecule has 1 unspecified atom stereocenters. The number of methoxy groups -OCH3 is 1. The summed E-state index contributed by atoms with van der Waals surface area (Å²) in [4.78, 5) is 4.31. The Morgan fingerprint density at radius 2 is 2.20 bits per heavy atom. The van der Waals surface area contributed by atoms with E-state index in [4.69, 9.17) is 4.74 Å². The molecule has 2 rings (SSSR count). The molecule has 0 fully saturated rings. The van der Waals surface area contributed by atoms with Crippen LogP contribution in [0, 0.1) is 0 Å². The highest BCUT2D eigenvalue weighted by molar-refractivity contribution is 5.68. The Balaban J connectivity index is 2.23. The molecule has 0 amide bonds. The molecular formula is C14H22N4O2. The van der Waals surface area contributed by atoms with Gasteiger partial charge in [0.25, 0.3) is 0 Å². The normalized spacial score (nSPS) is 13.7. The molecule has 0 saturated carbocycles. The third kappa shape index (κ3) is 3.26. The number of rotatable bonds is 5. The first-order chi connectivity index (χ1) is 9.41. The molecule has 0 spiro atoms. The van der Waals surface area contributed by atoms with Gasteiger partial charge in [-0.15, -0.1) is 0 Å². The van der Waals surface area contributed by atoms with Gasteiger partial charge in [-0.25, -0.2) is 9.50 Å². The summed E-state index contributed by atoms with van der Waals surface area (Å²) < 4.78 is 6.70. The zero-order valence-electron chi connectivity index (χ0n) is 12.4. The van der Waals surface area contributed by atoms with Crippen molar-refractivity contribution >= 4 is 11.3 Å². The summed E-state index contributed by atoms with van der Waals surface area (Å²) in [7, 11) is 1.56. The maximum atomic E-state index is 9.68. The molecule has 0 bridgehead atoms. The molecule has 2 aromatic heterocycles. The first kappa shape index (κ1) is 14.7. The topological polar surface area (TPSA) is 71.7 Å². The van der Waals surface area contributed by atoms with Gasteiger partial charge in [0.1, 0.15) is 5.52 Å². The monoisotopic (exact) mass is 278 g/mol. The molecule has 1 atom stereocenters. The zero-order valence-corrected chi connectivity index (χ0v) is 12.4. The summed E-state index contributed by atoms with van der Waals surface area (Å²) in [5.74, 6) is 0.714. The summed E-state index contributed by atoms with van der Waals surface area (Å²) in [6.45, 7) is 7.05. The van der Waals surface area contributed by atoms with Crippen molar-refractivity contribution in [2.75, 3.05) is 25.6 Å². The number of anilines is 1. The maximum absolute atomic E-state index is 9.68. The van der Waals surface area contributed by atoms with Gasteiger partial charge in [-0.1, -0.05) is 20.8 Å². The fourth-order valence-corrected chi connectivity index (χ4v) is 1.89. The molecular weight excluding hydrogens is 256 g/mol. The number of hydrogen-bond donors (Lipinski definition) is 2. The van der Waals surface area contributed by atoms with Gasteiger partial charge in [0, 0.05) is 31.5 Å². The predicted octanol–water partition coefficient (Wildman–Crippen LogP) is 1.45. The van der Waals surface area contributed by atoms with Crippen LogP contribution in [0.5, 0.6) is 0 Å². The third-order valence-electron chi connectivity index (χ3n) is 3.02. The van der Waals surface area contributed by atoms with E-state index >= 15 is 0 Å². The molecule has 110 valence electrons. The molecule has 2 aromatic rings. The van der Waals surface area contributed by atoms with Crippen LogP contribution in [0.15, 0.2) is 18.5 Å². The fourth-order valence-electron chi connectivity index (χ4n) is 1.89. The summed E-state index contributed by atoms with van der Waals surface area (Å²) >= 11 is 0. The van der Waals surface area contributed by atoms with Crippen LogP contribution >= 0.6 is 0 Å². The Morgan fingerprint density at radius 1 is 1.45 bits per heavy atom. The summed E-state index contributed by atoms with van der Waals surface area (Å²) in [5, 5.41) is 17.4. The van der Waals surface area contributed by atoms with Crippen molar-refractivity contribution in [3.63, 3.8) is 0 Å². The number of aliphatic hydroxyl groups excluding tert-OH is 1. The van der Waals surface area contributed by atoms with Gasteiger partial charge in [0.15, 0.2) is 5.82 Å². The van der Waals surface area contributed by atoms with E-state index in [1.807, 2.05) is 12.3 Å². The lowest BCUT2D eigenvalue weighted by Gasteiger charge is -2.13. The first-order valence-corrected chi connectivity index (χ1v) is 6.67. The van der Waals surface area contributed by atoms with Crippen molar-refractivity contribution in [2.45, 2.75) is 32.3 Å². The largest absolute Gasteiger partial charge is 0.389 e. The minimum atomic E-state index is -0.563. The Kier molecular flexibility index (Phi) is 4.25. The van der Waals surface area contributed by atoms with E-state index in [0.29, 0.717) is 19.0 Å². The van der Waals surface area contributed by atoms with Crippen LogP contribution in [0.1, 0.15) is 26.5 Å². The highest BCUT2D eigenvalue weighted by Gasteiger charge is 2.19. The van der Waals surface area contributed by atoms with Gasteiger partial charge in [-0.05, 0) is 6.07 Å². The number of hydrogen-bond acceptors (Lipinski definition) is 5. The van der Waals surface area contributed by atoms with Crippen LogP contribution in [0.2, 0.25) is 0 Å². The third-order valence-corrected chi connectivity index (χ3v) is 3.02. The van der Waals surface area contributed by atoms with Gasteiger partial charge in [-0.2, -0.15) is 5.10 Å². The number of aliphatic hydroxyl groups is 1. The maximum Gasteiger partial charge on any atom is 0.152 e. The molecule has 6 nitrogen and oxygen atoms in total. The summed E-state index contributed by atoms with van der Waals surface area (Å²) in [6, 6.07) is 2.03. The lowest BCUT2D eigenvalue weighted by Crippen LogP contribution is -2.24. The van der Waals surface area contributed by atoms with Crippen molar-refractivity contribution in [3.05, 3.63) is 24.2 Å². The fraction of sp³-hybridized carbons (Fsp3) is 0.571. The molecule has 0 aromatic carbocycles. The average molecular weight is 278 g/mol. The number of nitrogens with zero attached hydrogens (tertiary/aromatic N) is 3. The van der Waals surface area contributed by atoms with Gasteiger partial charge >= 0.3 is 0 Å². The molecule has 2 heterocycles. The minimum Gasteiger partial charge on any atom is -0.389 e. The number of nitrogens with one attached hydrogen (secondary N) is 1.